The molecule has 110 valence electrons. The van der Waals surface area contributed by atoms with E-state index in [-0.39, 0.29) is 10.6 Å². The van der Waals surface area contributed by atoms with Crippen molar-refractivity contribution in [2.75, 3.05) is 18.0 Å². The van der Waals surface area contributed by atoms with Gasteiger partial charge in [-0.3, -0.25) is 10.1 Å². The van der Waals surface area contributed by atoms with Crippen LogP contribution >= 0.6 is 0 Å². The first kappa shape index (κ1) is 15.0. The Balaban J connectivity index is 2.37. The predicted molar refractivity (Wildman–Crippen MR) is 84.4 cm³/mol. The Kier molecular flexibility index (Phi) is 4.90. The summed E-state index contributed by atoms with van der Waals surface area (Å²) in [5.74, 6) is 0. The van der Waals surface area contributed by atoms with Crippen LogP contribution in [0.2, 0.25) is 0 Å². The normalized spacial score (nSPS) is 10.4. The number of nitrogens with two attached hydrogens (primary N) is 1. The summed E-state index contributed by atoms with van der Waals surface area (Å²) in [5, 5.41) is 11.2. The second kappa shape index (κ2) is 6.85. The average molecular weight is 285 g/mol. The Labute approximate surface area is 124 Å². The van der Waals surface area contributed by atoms with Crippen LogP contribution in [0, 0.1) is 17.0 Å². The van der Waals surface area contributed by atoms with Gasteiger partial charge in [-0.1, -0.05) is 36.4 Å². The molecule has 0 saturated heterocycles. The van der Waals surface area contributed by atoms with Gasteiger partial charge in [-0.2, -0.15) is 0 Å². The topological polar surface area (TPSA) is 72.4 Å². The minimum Gasteiger partial charge on any atom is -0.360 e. The molecule has 0 spiro atoms. The lowest BCUT2D eigenvalue weighted by Gasteiger charge is -2.24. The first-order valence-electron chi connectivity index (χ1n) is 6.86. The zero-order chi connectivity index (χ0) is 15.2. The van der Waals surface area contributed by atoms with E-state index in [0.717, 1.165) is 11.1 Å². The monoisotopic (exact) mass is 285 g/mol. The minimum absolute atomic E-state index is 0.116. The highest BCUT2D eigenvalue weighted by Crippen LogP contribution is 2.30. The van der Waals surface area contributed by atoms with E-state index in [4.69, 9.17) is 5.73 Å². The summed E-state index contributed by atoms with van der Waals surface area (Å²) in [7, 11) is 0. The molecule has 0 aromatic heterocycles. The van der Waals surface area contributed by atoms with Gasteiger partial charge in [0.2, 0.25) is 0 Å². The van der Waals surface area contributed by atoms with Crippen molar-refractivity contribution in [3.05, 3.63) is 69.8 Å². The molecule has 0 radical (unpaired) electrons. The van der Waals surface area contributed by atoms with Gasteiger partial charge < -0.3 is 10.6 Å². The molecule has 0 atom stereocenters. The molecule has 0 aliphatic rings. The molecule has 0 heterocycles. The fourth-order valence-electron chi connectivity index (χ4n) is 2.29. The number of benzene rings is 2. The molecule has 0 aliphatic heterocycles. The van der Waals surface area contributed by atoms with Crippen molar-refractivity contribution < 1.29 is 4.92 Å². The van der Waals surface area contributed by atoms with E-state index in [9.17, 15) is 10.1 Å². The molecule has 21 heavy (non-hydrogen) atoms. The first-order valence-corrected chi connectivity index (χ1v) is 6.86. The molecule has 0 saturated carbocycles. The van der Waals surface area contributed by atoms with Crippen LogP contribution in [0.4, 0.5) is 11.4 Å². The smallest absolute Gasteiger partial charge is 0.292 e. The van der Waals surface area contributed by atoms with Crippen molar-refractivity contribution in [2.45, 2.75) is 13.5 Å². The van der Waals surface area contributed by atoms with Gasteiger partial charge in [0.25, 0.3) is 5.69 Å². The van der Waals surface area contributed by atoms with Crippen LogP contribution in [0.15, 0.2) is 48.5 Å². The number of nitrogens with zero attached hydrogens (tertiary/aromatic N) is 2. The quantitative estimate of drug-likeness (QED) is 0.654. The van der Waals surface area contributed by atoms with Crippen LogP contribution in [0.25, 0.3) is 0 Å². The lowest BCUT2D eigenvalue weighted by atomic mass is 10.1. The summed E-state index contributed by atoms with van der Waals surface area (Å²) in [6.45, 7) is 3.54. The number of hydrogen-bond donors (Lipinski definition) is 1. The maximum Gasteiger partial charge on any atom is 0.292 e. The average Bonchev–Trinajstić information content (AvgIpc) is 2.47. The Morgan fingerprint density at radius 3 is 2.52 bits per heavy atom. The molecule has 0 amide bonds. The summed E-state index contributed by atoms with van der Waals surface area (Å²) < 4.78 is 0. The van der Waals surface area contributed by atoms with Crippen molar-refractivity contribution in [2.24, 2.45) is 5.73 Å². The second-order valence-electron chi connectivity index (χ2n) is 4.95. The van der Waals surface area contributed by atoms with E-state index >= 15 is 0 Å². The minimum atomic E-state index is -0.344. The van der Waals surface area contributed by atoms with E-state index in [2.05, 4.69) is 0 Å². The van der Waals surface area contributed by atoms with Gasteiger partial charge >= 0.3 is 0 Å². The number of nitro benzene ring substituents is 1. The third-order valence-corrected chi connectivity index (χ3v) is 3.28. The van der Waals surface area contributed by atoms with Gasteiger partial charge in [0.05, 0.1) is 4.92 Å². The molecule has 0 aliphatic carbocycles. The van der Waals surface area contributed by atoms with Gasteiger partial charge in [-0.15, -0.1) is 0 Å². The highest BCUT2D eigenvalue weighted by atomic mass is 16.6. The molecule has 5 heteroatoms. The highest BCUT2D eigenvalue weighted by Gasteiger charge is 2.19. The van der Waals surface area contributed by atoms with E-state index in [0.29, 0.717) is 25.3 Å². The summed E-state index contributed by atoms with van der Waals surface area (Å²) in [5.41, 5.74) is 8.50. The number of nitro groups is 1. The van der Waals surface area contributed by atoms with E-state index < -0.39 is 0 Å². The van der Waals surface area contributed by atoms with Gasteiger partial charge in [-0.05, 0) is 24.1 Å². The highest BCUT2D eigenvalue weighted by molar-refractivity contribution is 5.64. The van der Waals surface area contributed by atoms with E-state index in [1.807, 2.05) is 48.2 Å². The van der Waals surface area contributed by atoms with Crippen LogP contribution in [-0.4, -0.2) is 18.0 Å². The molecule has 0 unspecified atom stereocenters. The zero-order valence-corrected chi connectivity index (χ0v) is 12.0. The molecular weight excluding hydrogens is 266 g/mol. The molecule has 2 aromatic carbocycles. The van der Waals surface area contributed by atoms with Gasteiger partial charge in [0, 0.05) is 25.7 Å². The van der Waals surface area contributed by atoms with Crippen molar-refractivity contribution >= 4 is 11.4 Å². The second-order valence-corrected chi connectivity index (χ2v) is 4.95. The molecule has 2 N–H and O–H groups in total. The van der Waals surface area contributed by atoms with Gasteiger partial charge in [0.15, 0.2) is 0 Å². The van der Waals surface area contributed by atoms with Crippen molar-refractivity contribution in [1.82, 2.24) is 0 Å². The number of anilines is 1. The molecule has 2 rings (SSSR count). The van der Waals surface area contributed by atoms with Gasteiger partial charge in [0.1, 0.15) is 5.69 Å². The Bertz CT molecular complexity index is 614. The van der Waals surface area contributed by atoms with Crippen LogP contribution < -0.4 is 10.6 Å². The maximum atomic E-state index is 11.2. The molecule has 0 bridgehead atoms. The van der Waals surface area contributed by atoms with Crippen LogP contribution in [-0.2, 0) is 6.54 Å². The van der Waals surface area contributed by atoms with Crippen molar-refractivity contribution in [3.8, 4) is 0 Å². The number of rotatable bonds is 6. The Morgan fingerprint density at radius 1 is 1.19 bits per heavy atom. The van der Waals surface area contributed by atoms with Crippen LogP contribution in [0.5, 0.6) is 0 Å². The summed E-state index contributed by atoms with van der Waals surface area (Å²) in [6, 6.07) is 15.0. The summed E-state index contributed by atoms with van der Waals surface area (Å²) in [4.78, 5) is 12.9. The fourth-order valence-corrected chi connectivity index (χ4v) is 2.29. The zero-order valence-electron chi connectivity index (χ0n) is 12.0. The number of hydrogen-bond acceptors (Lipinski definition) is 4. The maximum absolute atomic E-state index is 11.2. The van der Waals surface area contributed by atoms with Crippen molar-refractivity contribution in [1.29, 1.82) is 0 Å². The Hall–Kier alpha value is -2.40. The van der Waals surface area contributed by atoms with Gasteiger partial charge in [-0.25, -0.2) is 0 Å². The summed E-state index contributed by atoms with van der Waals surface area (Å²) >= 11 is 0. The summed E-state index contributed by atoms with van der Waals surface area (Å²) in [6.07, 6.45) is 0. The van der Waals surface area contributed by atoms with Crippen LogP contribution in [0.1, 0.15) is 11.1 Å². The third kappa shape index (κ3) is 3.79. The Morgan fingerprint density at radius 2 is 1.90 bits per heavy atom. The fraction of sp³-hybridized carbons (Fsp3) is 0.250. The lowest BCUT2D eigenvalue weighted by Crippen LogP contribution is -2.29. The standard InChI is InChI=1S/C16H19N3O2/c1-13-7-8-15(19(20)21)16(11-13)18(10-9-17)12-14-5-3-2-4-6-14/h2-8,11H,9-10,12,17H2,1H3. The largest absolute Gasteiger partial charge is 0.360 e. The number of aryl methyl sites for hydroxylation is 1. The van der Waals surface area contributed by atoms with Crippen LogP contribution in [0.3, 0.4) is 0 Å². The van der Waals surface area contributed by atoms with Crippen molar-refractivity contribution in [3.63, 3.8) is 0 Å². The molecule has 2 aromatic rings. The van der Waals surface area contributed by atoms with E-state index in [1.165, 1.54) is 0 Å². The molecular formula is C16H19N3O2. The lowest BCUT2D eigenvalue weighted by molar-refractivity contribution is -0.384. The first-order chi connectivity index (χ1) is 10.1. The molecule has 5 nitrogen and oxygen atoms in total. The molecule has 0 fully saturated rings. The predicted octanol–water partition coefficient (Wildman–Crippen LogP) is 2.87. The SMILES string of the molecule is Cc1ccc([N+](=O)[O-])c(N(CCN)Cc2ccccc2)c1. The van der Waals surface area contributed by atoms with E-state index in [1.54, 1.807) is 12.1 Å². The third-order valence-electron chi connectivity index (χ3n) is 3.28.